The van der Waals surface area contributed by atoms with Crippen molar-refractivity contribution in [3.8, 4) is 0 Å². The van der Waals surface area contributed by atoms with Crippen molar-refractivity contribution in [1.29, 1.82) is 0 Å². The molecule has 58 heavy (non-hydrogen) atoms. The minimum absolute atomic E-state index is 0.935. The molecule has 0 bridgehead atoms. The van der Waals surface area contributed by atoms with E-state index < -0.39 is 0 Å². The molecule has 0 N–H and O–H groups in total. The molecule has 0 aromatic carbocycles. The van der Waals surface area contributed by atoms with E-state index in [2.05, 4.69) is 4.90 Å². The topological polar surface area (TPSA) is 3.24 Å². The molecular weight excluding hydrogens is 699 g/mol. The first kappa shape index (κ1) is 39.5. The maximum Gasteiger partial charge on any atom is 0.0132 e. The first-order chi connectivity index (χ1) is 28.8. The van der Waals surface area contributed by atoms with Gasteiger partial charge in [-0.1, -0.05) is 128 Å². The van der Waals surface area contributed by atoms with Crippen LogP contribution in [0.5, 0.6) is 0 Å². The van der Waals surface area contributed by atoms with Crippen LogP contribution >= 0.6 is 0 Å². The molecule has 0 saturated heterocycles. The van der Waals surface area contributed by atoms with E-state index in [1.54, 1.807) is 218 Å². The molecule has 12 rings (SSSR count). The number of nitrogens with zero attached hydrogens (tertiary/aromatic N) is 1. The Hall–Kier alpha value is -0.0400. The Bertz CT molecular complexity index is 1350. The number of hydrogen-bond donors (Lipinski definition) is 0. The van der Waals surface area contributed by atoms with Crippen LogP contribution in [-0.2, 0) is 0 Å². The summed E-state index contributed by atoms with van der Waals surface area (Å²) in [5.74, 6) is 19.9. The third kappa shape index (κ3) is 7.13. The molecule has 12 aliphatic carbocycles. The van der Waals surface area contributed by atoms with Gasteiger partial charge >= 0.3 is 0 Å². The third-order valence-electron chi connectivity index (χ3n) is 23.9. The van der Waals surface area contributed by atoms with E-state index in [1.807, 2.05) is 0 Å². The first-order valence-electron chi connectivity index (χ1n) is 28.5. The summed E-state index contributed by atoms with van der Waals surface area (Å²) < 4.78 is 0. The molecule has 17 unspecified atom stereocenters. The van der Waals surface area contributed by atoms with Crippen LogP contribution in [0.25, 0.3) is 0 Å². The molecule has 0 heterocycles. The average Bonchev–Trinajstić information content (AvgIpc) is 4.02. The van der Waals surface area contributed by atoms with Crippen LogP contribution in [0.3, 0.4) is 0 Å². The molecule has 0 aliphatic heterocycles. The van der Waals surface area contributed by atoms with Gasteiger partial charge in [0.2, 0.25) is 0 Å². The van der Waals surface area contributed by atoms with Gasteiger partial charge in [0.1, 0.15) is 0 Å². The maximum atomic E-state index is 3.61. The molecule has 0 radical (unpaired) electrons. The fourth-order valence-corrected chi connectivity index (χ4v) is 22.0. The molecule has 0 aromatic heterocycles. The Kier molecular flexibility index (Phi) is 11.7. The molecule has 12 saturated carbocycles. The molecule has 1 heteroatoms. The quantitative estimate of drug-likeness (QED) is 0.259. The number of hydrogen-bond acceptors (Lipinski definition) is 1. The maximum absolute atomic E-state index is 3.61. The summed E-state index contributed by atoms with van der Waals surface area (Å²) in [6.45, 7) is 0. The third-order valence-corrected chi connectivity index (χ3v) is 23.9. The highest BCUT2D eigenvalue weighted by Gasteiger charge is 2.61. The van der Waals surface area contributed by atoms with Gasteiger partial charge in [-0.15, -0.1) is 0 Å². The van der Waals surface area contributed by atoms with Crippen molar-refractivity contribution >= 4 is 0 Å². The molecule has 0 amide bonds. The molecule has 1 nitrogen and oxygen atoms in total. The lowest BCUT2D eigenvalue weighted by Crippen LogP contribution is -2.58. The molecule has 0 spiro atoms. The van der Waals surface area contributed by atoms with Gasteiger partial charge in [-0.05, 0) is 209 Å². The van der Waals surface area contributed by atoms with E-state index in [0.717, 1.165) is 125 Å². The lowest BCUT2D eigenvalue weighted by atomic mass is 9.52. The highest BCUT2D eigenvalue weighted by Crippen LogP contribution is 2.67. The van der Waals surface area contributed by atoms with Crippen molar-refractivity contribution in [1.82, 2.24) is 4.90 Å². The predicted octanol–water partition coefficient (Wildman–Crippen LogP) is 15.7. The fraction of sp³-hybridized carbons (Fsp3) is 1.00. The van der Waals surface area contributed by atoms with Gasteiger partial charge in [0.25, 0.3) is 0 Å². The Balaban J connectivity index is 0.850. The highest BCUT2D eigenvalue weighted by atomic mass is 15.2. The summed E-state index contributed by atoms with van der Waals surface area (Å²) in [5, 5.41) is 0. The lowest BCUT2D eigenvalue weighted by molar-refractivity contribution is -0.0651. The van der Waals surface area contributed by atoms with Crippen LogP contribution in [0.2, 0.25) is 0 Å². The first-order valence-corrected chi connectivity index (χ1v) is 28.5. The zero-order valence-electron chi connectivity index (χ0n) is 38.0. The van der Waals surface area contributed by atoms with Crippen molar-refractivity contribution in [2.75, 3.05) is 0 Å². The largest absolute Gasteiger partial charge is 0.294 e. The molecular formula is C57H93N. The van der Waals surface area contributed by atoms with Gasteiger partial charge < -0.3 is 0 Å². The summed E-state index contributed by atoms with van der Waals surface area (Å²) in [6, 6.07) is 2.85. The van der Waals surface area contributed by atoms with Crippen LogP contribution in [0.1, 0.15) is 231 Å². The number of fused-ring (bicyclic) bond motifs is 9. The Morgan fingerprint density at radius 3 is 1.31 bits per heavy atom. The van der Waals surface area contributed by atoms with Crippen molar-refractivity contribution < 1.29 is 0 Å². The monoisotopic (exact) mass is 792 g/mol. The van der Waals surface area contributed by atoms with Gasteiger partial charge in [-0.3, -0.25) is 4.90 Å². The summed E-state index contributed by atoms with van der Waals surface area (Å²) in [4.78, 5) is 3.61. The van der Waals surface area contributed by atoms with E-state index in [0.29, 0.717) is 0 Å². The van der Waals surface area contributed by atoms with Crippen LogP contribution < -0.4 is 0 Å². The minimum atomic E-state index is 0.935. The summed E-state index contributed by atoms with van der Waals surface area (Å²) in [6.07, 6.45) is 57.6. The van der Waals surface area contributed by atoms with E-state index in [9.17, 15) is 0 Å². The van der Waals surface area contributed by atoms with Crippen molar-refractivity contribution in [2.45, 2.75) is 249 Å². The van der Waals surface area contributed by atoms with E-state index >= 15 is 0 Å². The fourth-order valence-electron chi connectivity index (χ4n) is 22.0. The van der Waals surface area contributed by atoms with Gasteiger partial charge in [-0.25, -0.2) is 0 Å². The Labute approximate surface area is 359 Å². The van der Waals surface area contributed by atoms with Crippen LogP contribution in [0.15, 0.2) is 0 Å². The second kappa shape index (κ2) is 17.2. The lowest BCUT2D eigenvalue weighted by Gasteiger charge is -2.55. The van der Waals surface area contributed by atoms with Gasteiger partial charge in [0, 0.05) is 18.1 Å². The van der Waals surface area contributed by atoms with E-state index in [1.165, 1.54) is 12.8 Å². The normalized spacial score (nSPS) is 52.6. The minimum Gasteiger partial charge on any atom is -0.294 e. The highest BCUT2D eigenvalue weighted by molar-refractivity contribution is 5.11. The standard InChI is InChI=1S/C57H93N/c1-3-14-37(15-4-1)39-28-30-44(31-29-39)58(55-26-12-24-47-45-21-9-7-18-41(45)33-51(47)55)56-27-13-25-49-52(56)36-54-46-22-10-8-19-42(46)34-53(57(49)54)48-23-11-20-40-32-43(35-50(40)48)38-16-5-2-6-17-38/h37-57H,1-36H2. The molecule has 17 atom stereocenters. The van der Waals surface area contributed by atoms with Crippen LogP contribution in [0, 0.1) is 107 Å². The summed E-state index contributed by atoms with van der Waals surface area (Å²) in [5.41, 5.74) is 0. The average molecular weight is 792 g/mol. The second-order valence-electron chi connectivity index (χ2n) is 25.7. The zero-order chi connectivity index (χ0) is 38.2. The van der Waals surface area contributed by atoms with Crippen molar-refractivity contribution in [2.24, 2.45) is 107 Å². The Morgan fingerprint density at radius 1 is 0.207 bits per heavy atom. The second-order valence-corrected chi connectivity index (χ2v) is 25.7. The van der Waals surface area contributed by atoms with E-state index in [-0.39, 0.29) is 0 Å². The smallest absolute Gasteiger partial charge is 0.0132 e. The van der Waals surface area contributed by atoms with Crippen LogP contribution in [0.4, 0.5) is 0 Å². The van der Waals surface area contributed by atoms with Gasteiger partial charge in [0.15, 0.2) is 0 Å². The summed E-state index contributed by atoms with van der Waals surface area (Å²) in [7, 11) is 0. The van der Waals surface area contributed by atoms with Crippen molar-refractivity contribution in [3.05, 3.63) is 0 Å². The van der Waals surface area contributed by atoms with Gasteiger partial charge in [-0.2, -0.15) is 0 Å². The SMILES string of the molecule is C1CCC(C2CCC(N(C3CCCC4C5CCCCC5CC43)C3CCCC4C3CC3C5CCCCC5CC(C5CCCC6CC(C7CCCCC7)CC65)C34)CC2)CC1. The Morgan fingerprint density at radius 2 is 0.621 bits per heavy atom. The van der Waals surface area contributed by atoms with Crippen LogP contribution in [-0.4, -0.2) is 23.0 Å². The number of rotatable bonds is 6. The molecule has 12 fully saturated rings. The molecule has 326 valence electrons. The molecule has 12 aliphatic rings. The zero-order valence-corrected chi connectivity index (χ0v) is 38.0. The predicted molar refractivity (Wildman–Crippen MR) is 242 cm³/mol. The summed E-state index contributed by atoms with van der Waals surface area (Å²) >= 11 is 0. The van der Waals surface area contributed by atoms with Crippen molar-refractivity contribution in [3.63, 3.8) is 0 Å². The van der Waals surface area contributed by atoms with Gasteiger partial charge in [0.05, 0.1) is 0 Å². The van der Waals surface area contributed by atoms with E-state index in [4.69, 9.17) is 0 Å². The molecule has 0 aromatic rings.